The third-order valence-corrected chi connectivity index (χ3v) is 6.62. The van der Waals surface area contributed by atoms with Gasteiger partial charge >= 0.3 is 0 Å². The minimum Gasteiger partial charge on any atom is -0.368 e. The van der Waals surface area contributed by atoms with Crippen molar-refractivity contribution >= 4 is 43.5 Å². The normalized spacial score (nSPS) is 19.0. The second kappa shape index (κ2) is 6.84. The largest absolute Gasteiger partial charge is 0.368 e. The molecule has 1 aliphatic heterocycles. The lowest BCUT2D eigenvalue weighted by Crippen LogP contribution is -2.54. The SMILES string of the molecule is C[C@H](C(N)=O)N1CCN(S(=O)(=O)c2ccc(Br)cc2Cl)CC1. The first-order chi connectivity index (χ1) is 10.2. The Morgan fingerprint density at radius 3 is 2.41 bits per heavy atom. The molecule has 1 aromatic rings. The monoisotopic (exact) mass is 409 g/mol. The molecule has 2 N–H and O–H groups in total. The molecule has 1 saturated heterocycles. The Hall–Kier alpha value is -0.670. The highest BCUT2D eigenvalue weighted by Gasteiger charge is 2.32. The molecule has 0 saturated carbocycles. The zero-order valence-corrected chi connectivity index (χ0v) is 15.2. The lowest BCUT2D eigenvalue weighted by molar-refractivity contribution is -0.123. The molecule has 0 aromatic heterocycles. The fourth-order valence-electron chi connectivity index (χ4n) is 2.33. The van der Waals surface area contributed by atoms with Gasteiger partial charge in [-0.1, -0.05) is 27.5 Å². The number of nitrogens with zero attached hydrogens (tertiary/aromatic N) is 2. The van der Waals surface area contributed by atoms with Crippen molar-refractivity contribution < 1.29 is 13.2 Å². The number of primary amides is 1. The van der Waals surface area contributed by atoms with E-state index in [2.05, 4.69) is 15.9 Å². The van der Waals surface area contributed by atoms with Crippen LogP contribution in [0.3, 0.4) is 0 Å². The number of rotatable bonds is 4. The van der Waals surface area contributed by atoms with E-state index in [4.69, 9.17) is 17.3 Å². The van der Waals surface area contributed by atoms with Crippen molar-refractivity contribution in [3.05, 3.63) is 27.7 Å². The van der Waals surface area contributed by atoms with Crippen LogP contribution in [0.2, 0.25) is 5.02 Å². The maximum Gasteiger partial charge on any atom is 0.244 e. The number of carbonyl (C=O) groups is 1. The highest BCUT2D eigenvalue weighted by molar-refractivity contribution is 9.10. The molecule has 2 rings (SSSR count). The van der Waals surface area contributed by atoms with E-state index < -0.39 is 22.0 Å². The van der Waals surface area contributed by atoms with E-state index in [9.17, 15) is 13.2 Å². The maximum atomic E-state index is 12.6. The summed E-state index contributed by atoms with van der Waals surface area (Å²) in [7, 11) is -3.64. The molecule has 0 spiro atoms. The van der Waals surface area contributed by atoms with Crippen LogP contribution in [0.25, 0.3) is 0 Å². The summed E-state index contributed by atoms with van der Waals surface area (Å²) in [5, 5.41) is 0.183. The molecule has 0 bridgehead atoms. The van der Waals surface area contributed by atoms with E-state index in [1.165, 1.54) is 10.4 Å². The summed E-state index contributed by atoms with van der Waals surface area (Å²) in [6.45, 7) is 3.23. The molecule has 1 fully saturated rings. The van der Waals surface area contributed by atoms with Crippen molar-refractivity contribution in [3.63, 3.8) is 0 Å². The highest BCUT2D eigenvalue weighted by Crippen LogP contribution is 2.28. The Bertz CT molecular complexity index is 675. The van der Waals surface area contributed by atoms with Crippen LogP contribution < -0.4 is 5.73 Å². The summed E-state index contributed by atoms with van der Waals surface area (Å²) in [6.07, 6.45) is 0. The third kappa shape index (κ3) is 3.62. The van der Waals surface area contributed by atoms with E-state index >= 15 is 0 Å². The molecule has 22 heavy (non-hydrogen) atoms. The van der Waals surface area contributed by atoms with Gasteiger partial charge in [0.1, 0.15) is 4.90 Å². The quantitative estimate of drug-likeness (QED) is 0.810. The van der Waals surface area contributed by atoms with Gasteiger partial charge < -0.3 is 5.73 Å². The molecule has 6 nitrogen and oxygen atoms in total. The zero-order valence-electron chi connectivity index (χ0n) is 12.0. The molecule has 1 atom stereocenters. The van der Waals surface area contributed by atoms with Gasteiger partial charge in [0, 0.05) is 30.7 Å². The zero-order chi connectivity index (χ0) is 16.5. The third-order valence-electron chi connectivity index (χ3n) is 3.74. The molecular formula is C13H17BrClN3O3S. The minimum atomic E-state index is -3.64. The topological polar surface area (TPSA) is 83.7 Å². The number of amides is 1. The number of nitrogens with two attached hydrogens (primary N) is 1. The van der Waals surface area contributed by atoms with E-state index in [1.54, 1.807) is 19.1 Å². The fourth-order valence-corrected chi connectivity index (χ4v) is 4.77. The van der Waals surface area contributed by atoms with Crippen LogP contribution in [0.5, 0.6) is 0 Å². The molecule has 1 aromatic carbocycles. The molecule has 0 unspecified atom stereocenters. The molecule has 0 radical (unpaired) electrons. The second-order valence-electron chi connectivity index (χ2n) is 5.09. The highest BCUT2D eigenvalue weighted by atomic mass is 79.9. The Balaban J connectivity index is 2.14. The van der Waals surface area contributed by atoms with Gasteiger partial charge in [-0.25, -0.2) is 8.42 Å². The molecule has 1 amide bonds. The molecule has 1 heterocycles. The molecule has 1 aliphatic rings. The predicted octanol–water partition coefficient (Wildman–Crippen LogP) is 1.28. The van der Waals surface area contributed by atoms with Crippen molar-refractivity contribution in [2.45, 2.75) is 17.9 Å². The standard InChI is InChI=1S/C13H17BrClN3O3S/c1-9(13(16)19)17-4-6-18(7-5-17)22(20,21)12-3-2-10(14)8-11(12)15/h2-3,8-9H,4-7H2,1H3,(H2,16,19)/t9-/m1/s1. The fraction of sp³-hybridized carbons (Fsp3) is 0.462. The van der Waals surface area contributed by atoms with Crippen molar-refractivity contribution in [2.24, 2.45) is 5.73 Å². The number of benzene rings is 1. The molecule has 122 valence electrons. The maximum absolute atomic E-state index is 12.6. The summed E-state index contributed by atoms with van der Waals surface area (Å²) < 4.78 is 27.4. The molecule has 9 heteroatoms. The predicted molar refractivity (Wildman–Crippen MR) is 88.1 cm³/mol. The first kappa shape index (κ1) is 17.7. The van der Waals surface area contributed by atoms with Gasteiger partial charge in [-0.3, -0.25) is 9.69 Å². The number of sulfonamides is 1. The van der Waals surface area contributed by atoms with Crippen molar-refractivity contribution in [1.29, 1.82) is 0 Å². The summed E-state index contributed by atoms with van der Waals surface area (Å²) in [5.41, 5.74) is 5.28. The van der Waals surface area contributed by atoms with Crippen molar-refractivity contribution in [2.75, 3.05) is 26.2 Å². The van der Waals surface area contributed by atoms with Gasteiger partial charge in [-0.2, -0.15) is 4.31 Å². The first-order valence-corrected chi connectivity index (χ1v) is 9.33. The number of carbonyl (C=O) groups excluding carboxylic acids is 1. The van der Waals surface area contributed by atoms with Crippen LogP contribution >= 0.6 is 27.5 Å². The number of hydrogen-bond acceptors (Lipinski definition) is 4. The van der Waals surface area contributed by atoms with Gasteiger partial charge in [0.05, 0.1) is 11.1 Å². The van der Waals surface area contributed by atoms with Crippen LogP contribution in [-0.2, 0) is 14.8 Å². The Kier molecular flexibility index (Phi) is 5.50. The molecular weight excluding hydrogens is 394 g/mol. The van der Waals surface area contributed by atoms with Crippen LogP contribution in [0.15, 0.2) is 27.6 Å². The number of halogens is 2. The number of piperazine rings is 1. The van der Waals surface area contributed by atoms with Crippen molar-refractivity contribution in [3.8, 4) is 0 Å². The smallest absolute Gasteiger partial charge is 0.244 e. The van der Waals surface area contributed by atoms with Gasteiger partial charge in [0.2, 0.25) is 15.9 Å². The minimum absolute atomic E-state index is 0.0915. The van der Waals surface area contributed by atoms with E-state index in [1.807, 2.05) is 4.90 Å². The summed E-state index contributed by atoms with van der Waals surface area (Å²) in [6, 6.07) is 4.28. The Morgan fingerprint density at radius 1 is 1.32 bits per heavy atom. The summed E-state index contributed by atoms with van der Waals surface area (Å²) in [4.78, 5) is 13.2. The van der Waals surface area contributed by atoms with Gasteiger partial charge in [0.15, 0.2) is 0 Å². The Morgan fingerprint density at radius 2 is 1.91 bits per heavy atom. The van der Waals surface area contributed by atoms with Gasteiger partial charge in [0.25, 0.3) is 0 Å². The Labute approximate surface area is 143 Å². The first-order valence-electron chi connectivity index (χ1n) is 6.72. The van der Waals surface area contributed by atoms with Crippen LogP contribution in [0.1, 0.15) is 6.92 Å². The van der Waals surface area contributed by atoms with Crippen molar-refractivity contribution in [1.82, 2.24) is 9.21 Å². The summed E-state index contributed by atoms with van der Waals surface area (Å²) in [5.74, 6) is -0.410. The number of hydrogen-bond donors (Lipinski definition) is 1. The van der Waals surface area contributed by atoms with E-state index in [0.717, 1.165) is 4.47 Å². The van der Waals surface area contributed by atoms with Crippen LogP contribution in [0.4, 0.5) is 0 Å². The lowest BCUT2D eigenvalue weighted by Gasteiger charge is -2.36. The van der Waals surface area contributed by atoms with Gasteiger partial charge in [-0.05, 0) is 25.1 Å². The van der Waals surface area contributed by atoms with Gasteiger partial charge in [-0.15, -0.1) is 0 Å². The van der Waals surface area contributed by atoms with Crippen LogP contribution in [0, 0.1) is 0 Å². The average molecular weight is 411 g/mol. The van der Waals surface area contributed by atoms with Crippen LogP contribution in [-0.4, -0.2) is 55.8 Å². The second-order valence-corrected chi connectivity index (χ2v) is 8.32. The lowest BCUT2D eigenvalue weighted by atomic mass is 10.2. The van der Waals surface area contributed by atoms with E-state index in [-0.39, 0.29) is 9.92 Å². The molecule has 0 aliphatic carbocycles. The van der Waals surface area contributed by atoms with E-state index in [0.29, 0.717) is 26.2 Å². The summed E-state index contributed by atoms with van der Waals surface area (Å²) >= 11 is 9.30. The average Bonchev–Trinajstić information content (AvgIpc) is 2.46.